The zero-order valence-electron chi connectivity index (χ0n) is 16.4. The van der Waals surface area contributed by atoms with Gasteiger partial charge in [-0.1, -0.05) is 56.3 Å². The van der Waals surface area contributed by atoms with E-state index in [2.05, 4.69) is 0 Å². The van der Waals surface area contributed by atoms with E-state index in [1.54, 1.807) is 19.2 Å². The van der Waals surface area contributed by atoms with Crippen molar-refractivity contribution >= 4 is 19.7 Å². The maximum absolute atomic E-state index is 13.3. The molecule has 0 unspecified atom stereocenters. The van der Waals surface area contributed by atoms with Crippen molar-refractivity contribution in [3.05, 3.63) is 65.7 Å². The quantitative estimate of drug-likeness (QED) is 0.717. The first-order chi connectivity index (χ1) is 13.1. The number of hydrogen-bond acceptors (Lipinski definition) is 5. The fourth-order valence-corrected chi connectivity index (χ4v) is 8.62. The van der Waals surface area contributed by atoms with Crippen molar-refractivity contribution in [2.75, 3.05) is 18.6 Å². The van der Waals surface area contributed by atoms with Gasteiger partial charge in [0.1, 0.15) is 0 Å². The van der Waals surface area contributed by atoms with Crippen LogP contribution in [-0.4, -0.2) is 51.6 Å². The molecular formula is C21H27NO4S2. The van der Waals surface area contributed by atoms with Crippen LogP contribution in [0.5, 0.6) is 0 Å². The smallest absolute Gasteiger partial charge is 0.183 e. The Morgan fingerprint density at radius 1 is 1.00 bits per heavy atom. The van der Waals surface area contributed by atoms with Gasteiger partial charge in [0, 0.05) is 12.6 Å². The Morgan fingerprint density at radius 2 is 1.61 bits per heavy atom. The Hall–Kier alpha value is -1.70. The van der Waals surface area contributed by atoms with Gasteiger partial charge in [-0.05, 0) is 36.2 Å². The normalized spacial score (nSPS) is 22.0. The average Bonchev–Trinajstić information content (AvgIpc) is 2.99. The molecule has 2 atom stereocenters. The van der Waals surface area contributed by atoms with E-state index in [4.69, 9.17) is 0 Å². The minimum absolute atomic E-state index is 0.135. The molecule has 152 valence electrons. The number of benzene rings is 2. The predicted octanol–water partition coefficient (Wildman–Crippen LogP) is 2.88. The van der Waals surface area contributed by atoms with Gasteiger partial charge in [-0.25, -0.2) is 16.8 Å². The van der Waals surface area contributed by atoms with E-state index in [9.17, 15) is 16.8 Å². The van der Waals surface area contributed by atoms with Gasteiger partial charge in [-0.15, -0.1) is 0 Å². The minimum atomic E-state index is -3.76. The van der Waals surface area contributed by atoms with E-state index in [1.807, 2.05) is 61.2 Å². The third kappa shape index (κ3) is 4.47. The molecule has 0 N–H and O–H groups in total. The molecule has 1 fully saturated rings. The van der Waals surface area contributed by atoms with Crippen molar-refractivity contribution in [3.8, 4) is 0 Å². The summed E-state index contributed by atoms with van der Waals surface area (Å²) in [6, 6.07) is 15.9. The first-order valence-corrected chi connectivity index (χ1v) is 12.8. The largest absolute Gasteiger partial charge is 0.297 e. The highest BCUT2D eigenvalue weighted by atomic mass is 32.2. The van der Waals surface area contributed by atoms with Gasteiger partial charge in [0.05, 0.1) is 21.7 Å². The summed E-state index contributed by atoms with van der Waals surface area (Å²) < 4.78 is 51.2. The molecule has 5 nitrogen and oxygen atoms in total. The van der Waals surface area contributed by atoms with E-state index >= 15 is 0 Å². The van der Waals surface area contributed by atoms with Gasteiger partial charge in [0.2, 0.25) is 0 Å². The van der Waals surface area contributed by atoms with Gasteiger partial charge in [-0.3, -0.25) is 4.90 Å². The van der Waals surface area contributed by atoms with Gasteiger partial charge in [-0.2, -0.15) is 0 Å². The van der Waals surface area contributed by atoms with Crippen LogP contribution in [0.3, 0.4) is 0 Å². The highest BCUT2D eigenvalue weighted by Crippen LogP contribution is 2.30. The highest BCUT2D eigenvalue weighted by Gasteiger charge is 2.47. The maximum atomic E-state index is 13.3. The molecule has 0 aromatic heterocycles. The monoisotopic (exact) mass is 421 g/mol. The van der Waals surface area contributed by atoms with Crippen LogP contribution < -0.4 is 0 Å². The zero-order valence-corrected chi connectivity index (χ0v) is 18.1. The first-order valence-electron chi connectivity index (χ1n) is 9.38. The van der Waals surface area contributed by atoms with Crippen molar-refractivity contribution < 1.29 is 16.8 Å². The molecule has 1 aliphatic heterocycles. The summed E-state index contributed by atoms with van der Waals surface area (Å²) >= 11 is 0. The molecule has 1 heterocycles. The van der Waals surface area contributed by atoms with Crippen molar-refractivity contribution in [3.63, 3.8) is 0 Å². The predicted molar refractivity (Wildman–Crippen MR) is 112 cm³/mol. The van der Waals surface area contributed by atoms with Crippen LogP contribution in [0, 0.1) is 0 Å². The van der Waals surface area contributed by atoms with Crippen LogP contribution >= 0.6 is 0 Å². The molecule has 0 amide bonds. The molecule has 28 heavy (non-hydrogen) atoms. The van der Waals surface area contributed by atoms with Crippen LogP contribution in [0.15, 0.2) is 59.5 Å². The second-order valence-corrected chi connectivity index (χ2v) is 12.2. The second kappa shape index (κ2) is 7.97. The maximum Gasteiger partial charge on any atom is 0.183 e. The summed E-state index contributed by atoms with van der Waals surface area (Å²) in [5.74, 6) is -0.164. The molecule has 0 bridgehead atoms. The molecule has 0 saturated carbocycles. The molecule has 2 aromatic carbocycles. The van der Waals surface area contributed by atoms with Gasteiger partial charge >= 0.3 is 0 Å². The Morgan fingerprint density at radius 3 is 2.18 bits per heavy atom. The molecule has 0 aliphatic carbocycles. The van der Waals surface area contributed by atoms with Crippen molar-refractivity contribution in [1.82, 2.24) is 4.90 Å². The van der Waals surface area contributed by atoms with Crippen molar-refractivity contribution in [2.45, 2.75) is 42.5 Å². The molecule has 0 spiro atoms. The number of nitrogens with zero attached hydrogens (tertiary/aromatic N) is 1. The minimum Gasteiger partial charge on any atom is -0.297 e. The number of rotatable bonds is 6. The van der Waals surface area contributed by atoms with E-state index in [0.717, 1.165) is 11.1 Å². The third-order valence-electron chi connectivity index (χ3n) is 5.39. The van der Waals surface area contributed by atoms with Crippen LogP contribution in [0.1, 0.15) is 30.9 Å². The lowest BCUT2D eigenvalue weighted by atomic mass is 10.0. The molecule has 3 rings (SSSR count). The van der Waals surface area contributed by atoms with Crippen LogP contribution in [0.2, 0.25) is 0 Å². The number of sulfone groups is 2. The van der Waals surface area contributed by atoms with Crippen molar-refractivity contribution in [2.24, 2.45) is 0 Å². The second-order valence-electron chi connectivity index (χ2n) is 7.85. The standard InChI is InChI=1S/C21H27NO4S2/c1-16(2)18-9-11-19(12-10-18)28(25,26)21-15-27(23,24)14-20(21)22(3)13-17-7-5-4-6-8-17/h4-12,16,20-21H,13-15H2,1-3H3/t20-,21-/m0/s1. The van der Waals surface area contributed by atoms with Crippen LogP contribution in [0.4, 0.5) is 0 Å². The van der Waals surface area contributed by atoms with Gasteiger partial charge in [0.25, 0.3) is 0 Å². The van der Waals surface area contributed by atoms with Gasteiger partial charge in [0.15, 0.2) is 19.7 Å². The average molecular weight is 422 g/mol. The lowest BCUT2D eigenvalue weighted by molar-refractivity contribution is 0.255. The van der Waals surface area contributed by atoms with Crippen LogP contribution in [0.25, 0.3) is 0 Å². The molecule has 2 aromatic rings. The summed E-state index contributed by atoms with van der Waals surface area (Å²) in [5, 5.41) is -0.962. The topological polar surface area (TPSA) is 71.5 Å². The molecule has 1 saturated heterocycles. The Bertz CT molecular complexity index is 1010. The summed E-state index contributed by atoms with van der Waals surface area (Å²) in [5.41, 5.74) is 2.07. The van der Waals surface area contributed by atoms with E-state index < -0.39 is 31.0 Å². The first kappa shape index (κ1) is 21.0. The SMILES string of the molecule is CC(C)c1ccc(S(=O)(=O)[C@H]2CS(=O)(=O)C[C@@H]2N(C)Cc2ccccc2)cc1. The van der Waals surface area contributed by atoms with Crippen molar-refractivity contribution in [1.29, 1.82) is 0 Å². The summed E-state index contributed by atoms with van der Waals surface area (Å²) in [4.78, 5) is 2.04. The van der Waals surface area contributed by atoms with E-state index in [1.165, 1.54) is 0 Å². The highest BCUT2D eigenvalue weighted by molar-refractivity contribution is 7.96. The summed E-state index contributed by atoms with van der Waals surface area (Å²) in [6.45, 7) is 4.59. The molecule has 1 aliphatic rings. The Labute approximate surface area is 168 Å². The van der Waals surface area contributed by atoms with Gasteiger partial charge < -0.3 is 0 Å². The van der Waals surface area contributed by atoms with E-state index in [0.29, 0.717) is 12.5 Å². The fraction of sp³-hybridized carbons (Fsp3) is 0.429. The molecular weight excluding hydrogens is 394 g/mol. The Balaban J connectivity index is 1.90. The zero-order chi connectivity index (χ0) is 20.5. The fourth-order valence-electron chi connectivity index (χ4n) is 3.71. The molecule has 0 radical (unpaired) electrons. The van der Waals surface area contributed by atoms with E-state index in [-0.39, 0.29) is 16.4 Å². The lowest BCUT2D eigenvalue weighted by Gasteiger charge is -2.28. The lowest BCUT2D eigenvalue weighted by Crippen LogP contribution is -2.44. The molecule has 7 heteroatoms. The summed E-state index contributed by atoms with van der Waals surface area (Å²) in [7, 11) is -5.38. The third-order valence-corrected chi connectivity index (χ3v) is 9.52. The van der Waals surface area contributed by atoms with Crippen LogP contribution in [-0.2, 0) is 26.2 Å². The summed E-state index contributed by atoms with van der Waals surface area (Å²) in [6.07, 6.45) is 0. The Kier molecular flexibility index (Phi) is 5.98. The number of hydrogen-bond donors (Lipinski definition) is 0.